The molecule has 96 valence electrons. The first-order valence-electron chi connectivity index (χ1n) is 5.08. The zero-order chi connectivity index (χ0) is 13.2. The van der Waals surface area contributed by atoms with Gasteiger partial charge in [0.2, 0.25) is 0 Å². The monoisotopic (exact) mass is 383 g/mol. The maximum absolute atomic E-state index is 11.6. The van der Waals surface area contributed by atoms with Crippen molar-refractivity contribution in [3.8, 4) is 0 Å². The Morgan fingerprint density at radius 3 is 2.35 bits per heavy atom. The molecule has 1 aromatic carbocycles. The Labute approximate surface area is 119 Å². The summed E-state index contributed by atoms with van der Waals surface area (Å²) in [6.07, 6.45) is 1.26. The number of hydrogen-bond donors (Lipinski definition) is 1. The molecular weight excluding hydrogens is 370 g/mol. The van der Waals surface area contributed by atoms with Gasteiger partial charge in [0.05, 0.1) is 5.25 Å². The van der Waals surface area contributed by atoms with Crippen molar-refractivity contribution in [3.63, 3.8) is 0 Å². The molecule has 1 rings (SSSR count). The summed E-state index contributed by atoms with van der Waals surface area (Å²) in [6.45, 7) is 1.71. The lowest BCUT2D eigenvalue weighted by Crippen LogP contribution is -2.33. The van der Waals surface area contributed by atoms with Crippen molar-refractivity contribution in [1.82, 2.24) is 5.32 Å². The van der Waals surface area contributed by atoms with Crippen molar-refractivity contribution in [1.29, 1.82) is 0 Å². The molecule has 0 amide bonds. The van der Waals surface area contributed by atoms with Gasteiger partial charge in [0.25, 0.3) is 0 Å². The second-order valence-electron chi connectivity index (χ2n) is 3.97. The minimum atomic E-state index is -3.09. The Morgan fingerprint density at radius 1 is 1.29 bits per heavy atom. The molecule has 0 bridgehead atoms. The number of sulfone groups is 1. The van der Waals surface area contributed by atoms with Crippen molar-refractivity contribution in [2.75, 3.05) is 13.3 Å². The third-order valence-electron chi connectivity index (χ3n) is 2.75. The Hall–Kier alpha value is 0.0900. The van der Waals surface area contributed by atoms with E-state index in [1.165, 1.54) is 6.26 Å². The van der Waals surface area contributed by atoms with Crippen LogP contribution in [0.15, 0.2) is 27.1 Å². The molecule has 0 saturated heterocycles. The van der Waals surface area contributed by atoms with Gasteiger partial charge < -0.3 is 5.32 Å². The van der Waals surface area contributed by atoms with Gasteiger partial charge in [-0.2, -0.15) is 0 Å². The summed E-state index contributed by atoms with van der Waals surface area (Å²) >= 11 is 6.85. The molecule has 3 nitrogen and oxygen atoms in total. The second-order valence-corrected chi connectivity index (χ2v) is 8.14. The Bertz CT molecular complexity index is 502. The maximum Gasteiger partial charge on any atom is 0.151 e. The summed E-state index contributed by atoms with van der Waals surface area (Å²) in [5.74, 6) is 0. The summed E-state index contributed by atoms with van der Waals surface area (Å²) in [5, 5.41) is 2.57. The minimum absolute atomic E-state index is 0.239. The van der Waals surface area contributed by atoms with Gasteiger partial charge in [0.15, 0.2) is 9.84 Å². The van der Waals surface area contributed by atoms with Crippen LogP contribution in [0, 0.1) is 0 Å². The highest BCUT2D eigenvalue weighted by Crippen LogP contribution is 2.30. The first-order valence-corrected chi connectivity index (χ1v) is 8.62. The highest BCUT2D eigenvalue weighted by molar-refractivity contribution is 9.11. The molecule has 2 unspecified atom stereocenters. The van der Waals surface area contributed by atoms with Gasteiger partial charge in [-0.3, -0.25) is 0 Å². The first kappa shape index (κ1) is 15.1. The number of halogens is 2. The van der Waals surface area contributed by atoms with Gasteiger partial charge in [-0.15, -0.1) is 0 Å². The fourth-order valence-electron chi connectivity index (χ4n) is 1.64. The summed E-state index contributed by atoms with van der Waals surface area (Å²) in [7, 11) is -1.33. The molecule has 0 radical (unpaired) electrons. The van der Waals surface area contributed by atoms with Crippen molar-refractivity contribution in [2.24, 2.45) is 0 Å². The number of hydrogen-bond acceptors (Lipinski definition) is 3. The quantitative estimate of drug-likeness (QED) is 0.867. The van der Waals surface area contributed by atoms with Crippen LogP contribution in [0.25, 0.3) is 0 Å². The molecule has 1 N–H and O–H groups in total. The van der Waals surface area contributed by atoms with Crippen molar-refractivity contribution in [2.45, 2.75) is 18.2 Å². The van der Waals surface area contributed by atoms with E-state index in [2.05, 4.69) is 37.2 Å². The van der Waals surface area contributed by atoms with E-state index in [0.717, 1.165) is 14.5 Å². The normalized spacial score (nSPS) is 15.6. The number of nitrogens with one attached hydrogen (secondary N) is 1. The van der Waals surface area contributed by atoms with E-state index in [1.54, 1.807) is 14.0 Å². The van der Waals surface area contributed by atoms with Gasteiger partial charge in [0.1, 0.15) is 0 Å². The van der Waals surface area contributed by atoms with Crippen LogP contribution in [0.4, 0.5) is 0 Å². The third kappa shape index (κ3) is 3.77. The standard InChI is InChI=1S/C11H15Br2NO2S/c1-7(17(3,15)16)11(14-2)9-6-8(12)4-5-10(9)13/h4-7,11,14H,1-3H3. The molecule has 0 heterocycles. The lowest BCUT2D eigenvalue weighted by atomic mass is 10.0. The van der Waals surface area contributed by atoms with E-state index >= 15 is 0 Å². The number of benzene rings is 1. The molecule has 0 aliphatic carbocycles. The average molecular weight is 385 g/mol. The average Bonchev–Trinajstić information content (AvgIpc) is 2.22. The summed E-state index contributed by atoms with van der Waals surface area (Å²) in [4.78, 5) is 0. The van der Waals surface area contributed by atoms with Gasteiger partial charge in [0, 0.05) is 21.2 Å². The smallest absolute Gasteiger partial charge is 0.151 e. The van der Waals surface area contributed by atoms with Crippen molar-refractivity contribution >= 4 is 41.7 Å². The molecule has 1 aromatic rings. The SMILES string of the molecule is CNC(c1cc(Br)ccc1Br)C(C)S(C)(=O)=O. The molecule has 0 saturated carbocycles. The van der Waals surface area contributed by atoms with Crippen LogP contribution < -0.4 is 5.32 Å². The fraction of sp³-hybridized carbons (Fsp3) is 0.455. The Morgan fingerprint density at radius 2 is 1.88 bits per heavy atom. The van der Waals surface area contributed by atoms with Crippen molar-refractivity contribution < 1.29 is 8.42 Å². The zero-order valence-electron chi connectivity index (χ0n) is 9.87. The highest BCUT2D eigenvalue weighted by atomic mass is 79.9. The lowest BCUT2D eigenvalue weighted by molar-refractivity contribution is 0.533. The zero-order valence-corrected chi connectivity index (χ0v) is 13.9. The van der Waals surface area contributed by atoms with E-state index < -0.39 is 15.1 Å². The van der Waals surface area contributed by atoms with Crippen LogP contribution in [0.1, 0.15) is 18.5 Å². The Balaban J connectivity index is 3.23. The van der Waals surface area contributed by atoms with Crippen LogP contribution >= 0.6 is 31.9 Å². The second kappa shape index (κ2) is 5.82. The molecule has 0 spiro atoms. The molecule has 17 heavy (non-hydrogen) atoms. The summed E-state index contributed by atoms with van der Waals surface area (Å²) in [5.41, 5.74) is 0.930. The molecule has 0 aromatic heterocycles. The van der Waals surface area contributed by atoms with E-state index in [9.17, 15) is 8.42 Å². The van der Waals surface area contributed by atoms with E-state index in [-0.39, 0.29) is 6.04 Å². The predicted octanol–water partition coefficient (Wildman–Crippen LogP) is 2.91. The Kier molecular flexibility index (Phi) is 5.19. The summed E-state index contributed by atoms with van der Waals surface area (Å²) < 4.78 is 25.1. The predicted molar refractivity (Wildman–Crippen MR) is 77.9 cm³/mol. The van der Waals surface area contributed by atoms with Crippen molar-refractivity contribution in [3.05, 3.63) is 32.7 Å². The molecule has 0 aliphatic rings. The maximum atomic E-state index is 11.6. The molecule has 2 atom stereocenters. The summed E-state index contributed by atoms with van der Waals surface area (Å²) in [6, 6.07) is 5.49. The van der Waals surface area contributed by atoms with Crippen LogP contribution in [-0.2, 0) is 9.84 Å². The number of rotatable bonds is 4. The van der Waals surface area contributed by atoms with E-state index in [0.29, 0.717) is 0 Å². The van der Waals surface area contributed by atoms with Crippen LogP contribution in [0.2, 0.25) is 0 Å². The molecule has 0 aliphatic heterocycles. The highest BCUT2D eigenvalue weighted by Gasteiger charge is 2.27. The van der Waals surface area contributed by atoms with E-state index in [1.807, 2.05) is 18.2 Å². The van der Waals surface area contributed by atoms with Gasteiger partial charge in [-0.25, -0.2) is 8.42 Å². The third-order valence-corrected chi connectivity index (χ3v) is 5.59. The first-order chi connectivity index (χ1) is 7.77. The molecular formula is C11H15Br2NO2S. The minimum Gasteiger partial charge on any atom is -0.312 e. The largest absolute Gasteiger partial charge is 0.312 e. The van der Waals surface area contributed by atoms with Gasteiger partial charge >= 0.3 is 0 Å². The molecule has 0 fully saturated rings. The molecule has 6 heteroatoms. The van der Waals surface area contributed by atoms with Crippen LogP contribution in [0.3, 0.4) is 0 Å². The van der Waals surface area contributed by atoms with E-state index in [4.69, 9.17) is 0 Å². The van der Waals surface area contributed by atoms with Crippen LogP contribution in [-0.4, -0.2) is 27.0 Å². The lowest BCUT2D eigenvalue weighted by Gasteiger charge is -2.24. The van der Waals surface area contributed by atoms with Crippen LogP contribution in [0.5, 0.6) is 0 Å². The van der Waals surface area contributed by atoms with Gasteiger partial charge in [-0.1, -0.05) is 31.9 Å². The fourth-order valence-corrected chi connectivity index (χ4v) is 3.29. The van der Waals surface area contributed by atoms with Gasteiger partial charge in [-0.05, 0) is 37.7 Å². The topological polar surface area (TPSA) is 46.2 Å².